The van der Waals surface area contributed by atoms with E-state index in [4.69, 9.17) is 10.8 Å². The summed E-state index contributed by atoms with van der Waals surface area (Å²) in [7, 11) is 1.96. The zero-order chi connectivity index (χ0) is 14.1. The normalized spacial score (nSPS) is 12.8. The van der Waals surface area contributed by atoms with Crippen LogP contribution in [0, 0.1) is 0 Å². The highest BCUT2D eigenvalue weighted by Crippen LogP contribution is 2.25. The van der Waals surface area contributed by atoms with E-state index in [-0.39, 0.29) is 12.6 Å². The van der Waals surface area contributed by atoms with Gasteiger partial charge in [0, 0.05) is 25.0 Å². The molecular weight excluding hydrogens is 252 g/mol. The number of imidazole rings is 1. The Labute approximate surface area is 116 Å². The maximum Gasteiger partial charge on any atom is 0.142 e. The molecule has 3 N–H and O–H groups in total. The van der Waals surface area contributed by atoms with E-state index in [0.717, 1.165) is 28.0 Å². The van der Waals surface area contributed by atoms with Crippen molar-refractivity contribution in [2.24, 2.45) is 12.8 Å². The Morgan fingerprint density at radius 2 is 2.20 bits per heavy atom. The number of aliphatic hydroxyl groups is 1. The van der Waals surface area contributed by atoms with Gasteiger partial charge in [-0.05, 0) is 29.8 Å². The largest absolute Gasteiger partial charge is 0.394 e. The zero-order valence-corrected chi connectivity index (χ0v) is 11.2. The van der Waals surface area contributed by atoms with Gasteiger partial charge in [0.25, 0.3) is 0 Å². The Bertz CT molecular complexity index is 736. The van der Waals surface area contributed by atoms with E-state index in [0.29, 0.717) is 0 Å². The molecule has 0 fully saturated rings. The molecule has 2 aromatic heterocycles. The van der Waals surface area contributed by atoms with Crippen molar-refractivity contribution in [3.63, 3.8) is 0 Å². The minimum absolute atomic E-state index is 0.0706. The van der Waals surface area contributed by atoms with Gasteiger partial charge in [-0.2, -0.15) is 0 Å². The van der Waals surface area contributed by atoms with Crippen LogP contribution in [0.2, 0.25) is 0 Å². The molecule has 0 radical (unpaired) electrons. The lowest BCUT2D eigenvalue weighted by Gasteiger charge is -2.08. The summed E-state index contributed by atoms with van der Waals surface area (Å²) in [4.78, 5) is 8.75. The number of aryl methyl sites for hydroxylation is 1. The summed E-state index contributed by atoms with van der Waals surface area (Å²) in [6.45, 7) is -0.0706. The highest BCUT2D eigenvalue weighted by atomic mass is 16.3. The van der Waals surface area contributed by atoms with Crippen LogP contribution in [-0.4, -0.2) is 26.2 Å². The number of hydrogen-bond donors (Lipinski definition) is 2. The molecule has 0 aliphatic rings. The summed E-state index contributed by atoms with van der Waals surface area (Å²) >= 11 is 0. The summed E-state index contributed by atoms with van der Waals surface area (Å²) in [6.07, 6.45) is 3.53. The molecular formula is C15H16N4O. The van der Waals surface area contributed by atoms with E-state index in [1.165, 1.54) is 0 Å². The van der Waals surface area contributed by atoms with E-state index in [9.17, 15) is 0 Å². The molecule has 2 heterocycles. The number of hydrogen-bond acceptors (Lipinski definition) is 4. The smallest absolute Gasteiger partial charge is 0.142 e. The second kappa shape index (κ2) is 5.03. The Morgan fingerprint density at radius 3 is 2.90 bits per heavy atom. The topological polar surface area (TPSA) is 77.0 Å². The van der Waals surface area contributed by atoms with Crippen molar-refractivity contribution in [1.82, 2.24) is 14.5 Å². The molecule has 0 saturated carbocycles. The molecule has 3 rings (SSSR count). The van der Waals surface area contributed by atoms with Gasteiger partial charge < -0.3 is 15.4 Å². The summed E-state index contributed by atoms with van der Waals surface area (Å²) in [5.41, 5.74) is 9.63. The van der Waals surface area contributed by atoms with Gasteiger partial charge in [-0.15, -0.1) is 0 Å². The average molecular weight is 268 g/mol. The zero-order valence-electron chi connectivity index (χ0n) is 11.2. The first-order valence-corrected chi connectivity index (χ1v) is 6.44. The second-order valence-electron chi connectivity index (χ2n) is 4.77. The van der Waals surface area contributed by atoms with Crippen LogP contribution in [0.3, 0.4) is 0 Å². The van der Waals surface area contributed by atoms with Crippen LogP contribution in [0.25, 0.3) is 22.4 Å². The van der Waals surface area contributed by atoms with Crippen LogP contribution in [0.15, 0.2) is 42.7 Å². The van der Waals surface area contributed by atoms with Crippen LogP contribution < -0.4 is 5.73 Å². The molecule has 1 aromatic carbocycles. The lowest BCUT2D eigenvalue weighted by atomic mass is 10.1. The number of rotatable bonds is 3. The molecule has 1 unspecified atom stereocenters. The molecule has 0 bridgehead atoms. The SMILES string of the molecule is Cn1c(-c2cccnc2)nc2ccc(C(N)CO)cc21. The fourth-order valence-electron chi connectivity index (χ4n) is 2.30. The predicted molar refractivity (Wildman–Crippen MR) is 78.0 cm³/mol. The third kappa shape index (κ3) is 2.07. The van der Waals surface area contributed by atoms with Crippen LogP contribution in [0.5, 0.6) is 0 Å². The van der Waals surface area contributed by atoms with Crippen LogP contribution in [-0.2, 0) is 7.05 Å². The molecule has 3 aromatic rings. The lowest BCUT2D eigenvalue weighted by Crippen LogP contribution is -2.14. The first-order chi connectivity index (χ1) is 9.70. The second-order valence-corrected chi connectivity index (χ2v) is 4.77. The standard InChI is InChI=1S/C15H16N4O/c1-19-14-7-10(12(16)9-20)4-5-13(14)18-15(19)11-3-2-6-17-8-11/h2-8,12,20H,9,16H2,1H3. The van der Waals surface area contributed by atoms with Gasteiger partial charge in [0.2, 0.25) is 0 Å². The molecule has 0 saturated heterocycles. The number of fused-ring (bicyclic) bond motifs is 1. The number of nitrogens with zero attached hydrogens (tertiary/aromatic N) is 3. The molecule has 5 nitrogen and oxygen atoms in total. The quantitative estimate of drug-likeness (QED) is 0.757. The van der Waals surface area contributed by atoms with Crippen molar-refractivity contribution in [1.29, 1.82) is 0 Å². The Balaban J connectivity index is 2.16. The summed E-state index contributed by atoms with van der Waals surface area (Å²) in [5, 5.41) is 9.16. The number of nitrogens with two attached hydrogens (primary N) is 1. The van der Waals surface area contributed by atoms with Gasteiger partial charge in [0.15, 0.2) is 0 Å². The molecule has 0 amide bonds. The minimum atomic E-state index is -0.365. The van der Waals surface area contributed by atoms with E-state index in [1.54, 1.807) is 12.4 Å². The van der Waals surface area contributed by atoms with E-state index in [1.807, 2.05) is 41.9 Å². The molecule has 1 atom stereocenters. The van der Waals surface area contributed by atoms with Crippen molar-refractivity contribution in [2.75, 3.05) is 6.61 Å². The van der Waals surface area contributed by atoms with Gasteiger partial charge in [0.1, 0.15) is 5.82 Å². The van der Waals surface area contributed by atoms with Gasteiger partial charge in [-0.1, -0.05) is 6.07 Å². The first kappa shape index (κ1) is 12.8. The van der Waals surface area contributed by atoms with Crippen LogP contribution >= 0.6 is 0 Å². The van der Waals surface area contributed by atoms with Gasteiger partial charge >= 0.3 is 0 Å². The minimum Gasteiger partial charge on any atom is -0.394 e. The summed E-state index contributed by atoms with van der Waals surface area (Å²) in [6, 6.07) is 9.32. The van der Waals surface area contributed by atoms with Crippen molar-refractivity contribution in [2.45, 2.75) is 6.04 Å². The summed E-state index contributed by atoms with van der Waals surface area (Å²) < 4.78 is 2.01. The fraction of sp³-hybridized carbons (Fsp3) is 0.200. The number of aromatic nitrogens is 3. The van der Waals surface area contributed by atoms with E-state index in [2.05, 4.69) is 9.97 Å². The maximum absolute atomic E-state index is 9.16. The van der Waals surface area contributed by atoms with Crippen molar-refractivity contribution >= 4 is 11.0 Å². The van der Waals surface area contributed by atoms with Crippen molar-refractivity contribution in [3.05, 3.63) is 48.3 Å². The Kier molecular flexibility index (Phi) is 3.22. The third-order valence-corrected chi connectivity index (χ3v) is 3.45. The predicted octanol–water partition coefficient (Wildman–Crippen LogP) is 1.63. The summed E-state index contributed by atoms with van der Waals surface area (Å²) in [5.74, 6) is 0.864. The number of aliphatic hydroxyl groups excluding tert-OH is 1. The van der Waals surface area contributed by atoms with Gasteiger partial charge in [-0.3, -0.25) is 4.98 Å². The maximum atomic E-state index is 9.16. The van der Waals surface area contributed by atoms with E-state index < -0.39 is 0 Å². The van der Waals surface area contributed by atoms with Crippen molar-refractivity contribution in [3.8, 4) is 11.4 Å². The van der Waals surface area contributed by atoms with Crippen molar-refractivity contribution < 1.29 is 5.11 Å². The Morgan fingerprint density at radius 1 is 1.35 bits per heavy atom. The average Bonchev–Trinajstić information content (AvgIpc) is 2.84. The lowest BCUT2D eigenvalue weighted by molar-refractivity contribution is 0.268. The molecule has 5 heteroatoms. The molecule has 0 spiro atoms. The van der Waals surface area contributed by atoms with Crippen LogP contribution in [0.1, 0.15) is 11.6 Å². The molecule has 102 valence electrons. The number of benzene rings is 1. The van der Waals surface area contributed by atoms with Gasteiger partial charge in [0.05, 0.1) is 23.7 Å². The molecule has 0 aliphatic heterocycles. The third-order valence-electron chi connectivity index (χ3n) is 3.45. The fourth-order valence-corrected chi connectivity index (χ4v) is 2.30. The first-order valence-electron chi connectivity index (χ1n) is 6.44. The van der Waals surface area contributed by atoms with E-state index >= 15 is 0 Å². The Hall–Kier alpha value is -2.24. The number of pyridine rings is 1. The monoisotopic (exact) mass is 268 g/mol. The molecule has 20 heavy (non-hydrogen) atoms. The van der Waals surface area contributed by atoms with Gasteiger partial charge in [-0.25, -0.2) is 4.98 Å². The molecule has 0 aliphatic carbocycles. The highest BCUT2D eigenvalue weighted by molar-refractivity contribution is 5.81. The van der Waals surface area contributed by atoms with Crippen LogP contribution in [0.4, 0.5) is 0 Å². The highest BCUT2D eigenvalue weighted by Gasteiger charge is 2.12.